The molecule has 0 saturated carbocycles. The zero-order chi connectivity index (χ0) is 17.6. The summed E-state index contributed by atoms with van der Waals surface area (Å²) >= 11 is 1.67. The van der Waals surface area contributed by atoms with Crippen molar-refractivity contribution in [3.8, 4) is 17.1 Å². The average Bonchev–Trinajstić information content (AvgIpc) is 3.04. The first-order valence-electron chi connectivity index (χ1n) is 8.49. The van der Waals surface area contributed by atoms with E-state index in [9.17, 15) is 0 Å². The highest BCUT2D eigenvalue weighted by Gasteiger charge is 2.16. The first-order chi connectivity index (χ1) is 12.2. The Bertz CT molecular complexity index is 810. The molecular weight excluding hydrogens is 330 g/mol. The largest absolute Gasteiger partial charge is 0.381 e. The Morgan fingerprint density at radius 2 is 1.56 bits per heavy atom. The second-order valence-electron chi connectivity index (χ2n) is 5.89. The Labute approximate surface area is 153 Å². The van der Waals surface area contributed by atoms with Crippen LogP contribution in [0.25, 0.3) is 17.1 Å². The van der Waals surface area contributed by atoms with Crippen molar-refractivity contribution in [1.29, 1.82) is 0 Å². The zero-order valence-corrected chi connectivity index (χ0v) is 15.7. The number of hydrogen-bond donors (Lipinski definition) is 0. The number of nitrogens with zero attached hydrogens (tertiary/aromatic N) is 3. The highest BCUT2D eigenvalue weighted by Crippen LogP contribution is 2.28. The van der Waals surface area contributed by atoms with Crippen molar-refractivity contribution in [3.63, 3.8) is 0 Å². The molecular formula is C20H23N3OS. The van der Waals surface area contributed by atoms with Crippen LogP contribution in [0.2, 0.25) is 0 Å². The maximum Gasteiger partial charge on any atom is 0.196 e. The van der Waals surface area contributed by atoms with Crippen LogP contribution >= 0.6 is 11.8 Å². The second-order valence-corrected chi connectivity index (χ2v) is 6.95. The van der Waals surface area contributed by atoms with E-state index in [1.165, 1.54) is 11.1 Å². The van der Waals surface area contributed by atoms with Gasteiger partial charge in [-0.1, -0.05) is 59.3 Å². The molecule has 0 unspecified atom stereocenters. The van der Waals surface area contributed by atoms with Gasteiger partial charge in [-0.3, -0.25) is 4.57 Å². The van der Waals surface area contributed by atoms with E-state index in [1.54, 1.807) is 11.8 Å². The third-order valence-electron chi connectivity index (χ3n) is 3.90. The second kappa shape index (κ2) is 8.32. The van der Waals surface area contributed by atoms with Crippen LogP contribution in [0.3, 0.4) is 0 Å². The van der Waals surface area contributed by atoms with E-state index in [2.05, 4.69) is 77.1 Å². The molecule has 0 bridgehead atoms. The monoisotopic (exact) mass is 353 g/mol. The molecule has 0 fully saturated rings. The molecule has 0 aliphatic carbocycles. The fourth-order valence-corrected chi connectivity index (χ4v) is 3.32. The van der Waals surface area contributed by atoms with Gasteiger partial charge in [-0.05, 0) is 32.9 Å². The highest BCUT2D eigenvalue weighted by molar-refractivity contribution is 7.99. The Balaban J connectivity index is 1.98. The smallest absolute Gasteiger partial charge is 0.196 e. The summed E-state index contributed by atoms with van der Waals surface area (Å²) in [5, 5.41) is 9.78. The number of hydrogen-bond acceptors (Lipinski definition) is 4. The third-order valence-corrected chi connectivity index (χ3v) is 4.79. The van der Waals surface area contributed by atoms with Gasteiger partial charge in [-0.2, -0.15) is 0 Å². The van der Waals surface area contributed by atoms with Crippen LogP contribution in [0.1, 0.15) is 18.1 Å². The predicted octanol–water partition coefficient (Wildman–Crippen LogP) is 4.68. The summed E-state index contributed by atoms with van der Waals surface area (Å²) in [7, 11) is 0. The van der Waals surface area contributed by atoms with E-state index in [0.717, 1.165) is 34.6 Å². The third kappa shape index (κ3) is 4.30. The lowest BCUT2D eigenvalue weighted by molar-refractivity contribution is 0.164. The van der Waals surface area contributed by atoms with Gasteiger partial charge in [-0.15, -0.1) is 10.2 Å². The number of aromatic nitrogens is 3. The molecule has 4 nitrogen and oxygen atoms in total. The van der Waals surface area contributed by atoms with Gasteiger partial charge < -0.3 is 4.74 Å². The van der Waals surface area contributed by atoms with Crippen molar-refractivity contribution in [2.24, 2.45) is 0 Å². The quantitative estimate of drug-likeness (QED) is 0.457. The average molecular weight is 353 g/mol. The molecule has 0 aliphatic rings. The lowest BCUT2D eigenvalue weighted by atomic mass is 10.1. The molecule has 0 atom stereocenters. The molecule has 25 heavy (non-hydrogen) atoms. The van der Waals surface area contributed by atoms with Crippen molar-refractivity contribution in [2.45, 2.75) is 25.9 Å². The summed E-state index contributed by atoms with van der Waals surface area (Å²) in [4.78, 5) is 0. The minimum Gasteiger partial charge on any atom is -0.381 e. The molecule has 1 heterocycles. The van der Waals surface area contributed by atoms with Crippen molar-refractivity contribution in [2.75, 3.05) is 19.0 Å². The summed E-state index contributed by atoms with van der Waals surface area (Å²) in [6, 6.07) is 16.9. The first kappa shape index (κ1) is 17.7. The molecule has 3 aromatic rings. The number of ether oxygens (including phenoxy) is 1. The number of rotatable bonds is 7. The predicted molar refractivity (Wildman–Crippen MR) is 103 cm³/mol. The Morgan fingerprint density at radius 3 is 2.20 bits per heavy atom. The van der Waals surface area contributed by atoms with E-state index in [-0.39, 0.29) is 0 Å². The topological polar surface area (TPSA) is 39.9 Å². The van der Waals surface area contributed by atoms with E-state index in [0.29, 0.717) is 6.61 Å². The summed E-state index contributed by atoms with van der Waals surface area (Å²) in [6.07, 6.45) is 0. The Hall–Kier alpha value is -2.11. The van der Waals surface area contributed by atoms with E-state index < -0.39 is 0 Å². The van der Waals surface area contributed by atoms with Gasteiger partial charge in [-0.25, -0.2) is 0 Å². The summed E-state index contributed by atoms with van der Waals surface area (Å²) in [6.45, 7) is 7.63. The van der Waals surface area contributed by atoms with Crippen LogP contribution in [0.5, 0.6) is 0 Å². The Kier molecular flexibility index (Phi) is 5.89. The van der Waals surface area contributed by atoms with Gasteiger partial charge in [0.25, 0.3) is 0 Å². The standard InChI is InChI=1S/C20H23N3OS/c1-4-24-13-14-25-20-22-21-19(17-9-5-15(2)6-10-17)23(20)18-11-7-16(3)8-12-18/h5-12H,4,13-14H2,1-3H3. The fraction of sp³-hybridized carbons (Fsp3) is 0.300. The van der Waals surface area contributed by atoms with Crippen molar-refractivity contribution >= 4 is 11.8 Å². The minimum atomic E-state index is 0.710. The van der Waals surface area contributed by atoms with Crippen LogP contribution < -0.4 is 0 Å². The molecule has 5 heteroatoms. The molecule has 1 aromatic heterocycles. The van der Waals surface area contributed by atoms with Gasteiger partial charge >= 0.3 is 0 Å². The maximum absolute atomic E-state index is 5.44. The van der Waals surface area contributed by atoms with Crippen molar-refractivity contribution in [3.05, 3.63) is 59.7 Å². The molecule has 0 radical (unpaired) electrons. The molecule has 0 spiro atoms. The van der Waals surface area contributed by atoms with E-state index >= 15 is 0 Å². The SMILES string of the molecule is CCOCCSc1nnc(-c2ccc(C)cc2)n1-c1ccc(C)cc1. The Morgan fingerprint density at radius 1 is 0.920 bits per heavy atom. The summed E-state index contributed by atoms with van der Waals surface area (Å²) in [5.74, 6) is 1.72. The van der Waals surface area contributed by atoms with Crippen LogP contribution in [0, 0.1) is 13.8 Å². The number of thioether (sulfide) groups is 1. The van der Waals surface area contributed by atoms with Gasteiger partial charge in [0.05, 0.1) is 6.61 Å². The molecule has 0 amide bonds. The van der Waals surface area contributed by atoms with Gasteiger partial charge in [0.1, 0.15) is 0 Å². The molecule has 130 valence electrons. The fourth-order valence-electron chi connectivity index (χ4n) is 2.52. The van der Waals surface area contributed by atoms with Crippen molar-refractivity contribution in [1.82, 2.24) is 14.8 Å². The first-order valence-corrected chi connectivity index (χ1v) is 9.47. The zero-order valence-electron chi connectivity index (χ0n) is 14.9. The molecule has 0 saturated heterocycles. The molecule has 0 aliphatic heterocycles. The van der Waals surface area contributed by atoms with Crippen LogP contribution in [0.15, 0.2) is 53.7 Å². The number of aryl methyl sites for hydroxylation is 2. The number of benzene rings is 2. The normalized spacial score (nSPS) is 11.0. The highest BCUT2D eigenvalue weighted by atomic mass is 32.2. The van der Waals surface area contributed by atoms with Crippen molar-refractivity contribution < 1.29 is 4.74 Å². The van der Waals surface area contributed by atoms with E-state index in [4.69, 9.17) is 4.74 Å². The van der Waals surface area contributed by atoms with E-state index in [1.807, 2.05) is 6.92 Å². The van der Waals surface area contributed by atoms with Crippen LogP contribution in [-0.2, 0) is 4.74 Å². The maximum atomic E-state index is 5.44. The van der Waals surface area contributed by atoms with Crippen LogP contribution in [0.4, 0.5) is 0 Å². The lowest BCUT2D eigenvalue weighted by Crippen LogP contribution is -2.02. The van der Waals surface area contributed by atoms with Gasteiger partial charge in [0, 0.05) is 23.6 Å². The molecule has 2 aromatic carbocycles. The molecule has 0 N–H and O–H groups in total. The van der Waals surface area contributed by atoms with Gasteiger partial charge in [0.2, 0.25) is 0 Å². The van der Waals surface area contributed by atoms with Crippen LogP contribution in [-0.4, -0.2) is 33.7 Å². The van der Waals surface area contributed by atoms with Gasteiger partial charge in [0.15, 0.2) is 11.0 Å². The summed E-state index contributed by atoms with van der Waals surface area (Å²) in [5.41, 5.74) is 4.61. The molecule has 3 rings (SSSR count). The minimum absolute atomic E-state index is 0.710. The lowest BCUT2D eigenvalue weighted by Gasteiger charge is -2.11. The summed E-state index contributed by atoms with van der Waals surface area (Å²) < 4.78 is 7.57.